The van der Waals surface area contributed by atoms with Crippen molar-refractivity contribution >= 4 is 23.1 Å². The van der Waals surface area contributed by atoms with Crippen LogP contribution in [0.3, 0.4) is 0 Å². The summed E-state index contributed by atoms with van der Waals surface area (Å²) in [6.07, 6.45) is -1.82. The van der Waals surface area contributed by atoms with Gasteiger partial charge in [0.2, 0.25) is 5.78 Å². The van der Waals surface area contributed by atoms with E-state index in [0.29, 0.717) is 41.7 Å². The van der Waals surface area contributed by atoms with Gasteiger partial charge in [0.05, 0.1) is 16.4 Å². The van der Waals surface area contributed by atoms with Crippen molar-refractivity contribution in [2.24, 2.45) is 22.9 Å². The molecule has 1 aromatic carbocycles. The minimum Gasteiger partial charge on any atom is -0.411 e. The third kappa shape index (κ3) is 5.85. The van der Waals surface area contributed by atoms with Gasteiger partial charge < -0.3 is 15.8 Å². The lowest BCUT2D eigenvalue weighted by atomic mass is 9.87. The van der Waals surface area contributed by atoms with E-state index in [-0.39, 0.29) is 18.9 Å². The Hall–Kier alpha value is -2.48. The molecule has 5 nitrogen and oxygen atoms in total. The summed E-state index contributed by atoms with van der Waals surface area (Å²) >= 11 is 6.42. The van der Waals surface area contributed by atoms with E-state index in [4.69, 9.17) is 11.6 Å². The summed E-state index contributed by atoms with van der Waals surface area (Å²) in [5.41, 5.74) is 3.80. The summed E-state index contributed by atoms with van der Waals surface area (Å²) < 4.78 is 38.6. The second-order valence-corrected chi connectivity index (χ2v) is 9.11. The SMILES string of the molecule is CC(C)CC(=NO)c1ccc(CNC2=C3CC(C=C2Cl)CC(C(=O)C(F)(F)F)CN3)cc1. The number of alkyl halides is 3. The number of halogens is 4. The van der Waals surface area contributed by atoms with Gasteiger partial charge in [-0.15, -0.1) is 0 Å². The second kappa shape index (κ2) is 9.98. The Morgan fingerprint density at radius 2 is 2.00 bits per heavy atom. The van der Waals surface area contributed by atoms with Crippen LogP contribution in [-0.2, 0) is 11.3 Å². The first-order chi connectivity index (χ1) is 15.1. The van der Waals surface area contributed by atoms with Crippen LogP contribution in [0.2, 0.25) is 0 Å². The van der Waals surface area contributed by atoms with Gasteiger partial charge in [-0.3, -0.25) is 4.79 Å². The van der Waals surface area contributed by atoms with Crippen molar-refractivity contribution in [3.8, 4) is 0 Å². The van der Waals surface area contributed by atoms with E-state index in [0.717, 1.165) is 16.8 Å². The quantitative estimate of drug-likeness (QED) is 0.295. The molecule has 0 spiro atoms. The summed E-state index contributed by atoms with van der Waals surface area (Å²) in [4.78, 5) is 11.7. The molecule has 0 radical (unpaired) electrons. The van der Waals surface area contributed by atoms with Gasteiger partial charge in [-0.1, -0.05) is 60.9 Å². The molecule has 32 heavy (non-hydrogen) atoms. The first kappa shape index (κ1) is 24.2. The summed E-state index contributed by atoms with van der Waals surface area (Å²) in [5, 5.41) is 19.4. The average molecular weight is 470 g/mol. The molecule has 1 saturated heterocycles. The predicted octanol–water partition coefficient (Wildman–Crippen LogP) is 5.10. The Morgan fingerprint density at radius 1 is 1.31 bits per heavy atom. The molecule has 0 amide bonds. The molecule has 2 atom stereocenters. The number of rotatable bonds is 7. The lowest BCUT2D eigenvalue weighted by molar-refractivity contribution is -0.175. The van der Waals surface area contributed by atoms with Crippen molar-refractivity contribution < 1.29 is 23.2 Å². The maximum atomic E-state index is 12.9. The standard InChI is InChI=1S/C23H27ClF3N3O2/c1-13(2)7-19(30-32)16-5-3-14(4-6-16)11-29-21-18(24)9-15-8-17(12-28-20(21)10-15)22(31)23(25,26)27/h3-6,9,13,15,17,28-29,32H,7-8,10-12H2,1-2H3. The highest BCUT2D eigenvalue weighted by Crippen LogP contribution is 2.36. The van der Waals surface area contributed by atoms with Gasteiger partial charge >= 0.3 is 6.18 Å². The number of hydrogen-bond donors (Lipinski definition) is 3. The number of nitrogens with one attached hydrogen (secondary N) is 2. The van der Waals surface area contributed by atoms with Crippen molar-refractivity contribution in [2.45, 2.75) is 45.8 Å². The van der Waals surface area contributed by atoms with Crippen LogP contribution in [0.25, 0.3) is 0 Å². The van der Waals surface area contributed by atoms with Crippen LogP contribution >= 0.6 is 11.6 Å². The molecule has 1 aliphatic heterocycles. The molecule has 1 heterocycles. The molecule has 1 fully saturated rings. The molecule has 3 N–H and O–H groups in total. The zero-order valence-electron chi connectivity index (χ0n) is 18.0. The molecule has 2 unspecified atom stereocenters. The first-order valence-electron chi connectivity index (χ1n) is 10.6. The number of fused-ring (bicyclic) bond motifs is 2. The summed E-state index contributed by atoms with van der Waals surface area (Å²) in [5.74, 6) is -2.68. The highest BCUT2D eigenvalue weighted by molar-refractivity contribution is 6.32. The molecular weight excluding hydrogens is 443 g/mol. The topological polar surface area (TPSA) is 73.7 Å². The third-order valence-electron chi connectivity index (χ3n) is 5.67. The number of Topliss-reactive ketones (excluding diaryl/α,β-unsaturated/α-hetero) is 1. The van der Waals surface area contributed by atoms with Crippen LogP contribution in [0.5, 0.6) is 0 Å². The zero-order chi connectivity index (χ0) is 23.5. The number of nitrogens with zero attached hydrogens (tertiary/aromatic N) is 1. The van der Waals surface area contributed by atoms with E-state index in [1.165, 1.54) is 0 Å². The summed E-state index contributed by atoms with van der Waals surface area (Å²) in [6, 6.07) is 7.61. The molecule has 9 heteroatoms. The van der Waals surface area contributed by atoms with E-state index in [1.807, 2.05) is 38.1 Å². The van der Waals surface area contributed by atoms with E-state index >= 15 is 0 Å². The van der Waals surface area contributed by atoms with E-state index in [1.54, 1.807) is 6.08 Å². The van der Waals surface area contributed by atoms with Crippen LogP contribution < -0.4 is 10.6 Å². The van der Waals surface area contributed by atoms with Crippen LogP contribution in [0.1, 0.15) is 44.2 Å². The maximum absolute atomic E-state index is 12.9. The number of oxime groups is 1. The Kier molecular flexibility index (Phi) is 7.54. The van der Waals surface area contributed by atoms with Crippen molar-refractivity contribution in [1.82, 2.24) is 10.6 Å². The molecule has 1 aromatic rings. The molecule has 3 rings (SSSR count). The number of allylic oxidation sites excluding steroid dienone is 3. The highest BCUT2D eigenvalue weighted by Gasteiger charge is 2.44. The van der Waals surface area contributed by atoms with Gasteiger partial charge in [-0.25, -0.2) is 0 Å². The molecule has 1 aliphatic carbocycles. The number of benzene rings is 1. The molecular formula is C23H27ClF3N3O2. The number of ketones is 1. The lowest BCUT2D eigenvalue weighted by Crippen LogP contribution is -2.36. The largest absolute Gasteiger partial charge is 0.450 e. The lowest BCUT2D eigenvalue weighted by Gasteiger charge is -2.23. The first-order valence-corrected chi connectivity index (χ1v) is 11.0. The van der Waals surface area contributed by atoms with E-state index < -0.39 is 17.9 Å². The Labute approximate surface area is 190 Å². The van der Waals surface area contributed by atoms with Gasteiger partial charge in [0, 0.05) is 24.7 Å². The fourth-order valence-corrected chi connectivity index (χ4v) is 4.45. The van der Waals surface area contributed by atoms with Gasteiger partial charge in [0.25, 0.3) is 0 Å². The normalized spacial score (nSPS) is 21.7. The van der Waals surface area contributed by atoms with Crippen LogP contribution in [0, 0.1) is 17.8 Å². The highest BCUT2D eigenvalue weighted by atomic mass is 35.5. The van der Waals surface area contributed by atoms with Crippen LogP contribution in [0.4, 0.5) is 13.2 Å². The van der Waals surface area contributed by atoms with Crippen molar-refractivity contribution in [2.75, 3.05) is 6.54 Å². The molecule has 2 bridgehead atoms. The van der Waals surface area contributed by atoms with E-state index in [2.05, 4.69) is 15.8 Å². The molecule has 2 aliphatic rings. The van der Waals surface area contributed by atoms with Crippen LogP contribution in [-0.4, -0.2) is 29.4 Å². The van der Waals surface area contributed by atoms with Crippen LogP contribution in [0.15, 0.2) is 51.9 Å². The average Bonchev–Trinajstić information content (AvgIpc) is 2.90. The Balaban J connectivity index is 1.68. The van der Waals surface area contributed by atoms with Gasteiger partial charge in [0.1, 0.15) is 0 Å². The number of carbonyl (C=O) groups is 1. The third-order valence-corrected chi connectivity index (χ3v) is 5.98. The molecule has 0 saturated carbocycles. The van der Waals surface area contributed by atoms with Crippen molar-refractivity contribution in [3.63, 3.8) is 0 Å². The monoisotopic (exact) mass is 469 g/mol. The fourth-order valence-electron chi connectivity index (χ4n) is 4.10. The molecule has 174 valence electrons. The maximum Gasteiger partial charge on any atom is 0.450 e. The Bertz CT molecular complexity index is 937. The fraction of sp³-hybridized carbons (Fsp3) is 0.478. The van der Waals surface area contributed by atoms with E-state index in [9.17, 15) is 23.2 Å². The van der Waals surface area contributed by atoms with Crippen molar-refractivity contribution in [3.05, 3.63) is 57.9 Å². The van der Waals surface area contributed by atoms with Gasteiger partial charge in [-0.2, -0.15) is 13.2 Å². The second-order valence-electron chi connectivity index (χ2n) is 8.70. The Morgan fingerprint density at radius 3 is 2.59 bits per heavy atom. The predicted molar refractivity (Wildman–Crippen MR) is 117 cm³/mol. The summed E-state index contributed by atoms with van der Waals surface area (Å²) in [7, 11) is 0. The smallest absolute Gasteiger partial charge is 0.411 e. The van der Waals surface area contributed by atoms with Crippen molar-refractivity contribution in [1.29, 1.82) is 0 Å². The molecule has 0 aromatic heterocycles. The van der Waals surface area contributed by atoms with Gasteiger partial charge in [0.15, 0.2) is 0 Å². The number of hydrogen-bond acceptors (Lipinski definition) is 5. The minimum absolute atomic E-state index is 0.0683. The number of carbonyl (C=O) groups excluding carboxylic acids is 1. The summed E-state index contributed by atoms with van der Waals surface area (Å²) in [6.45, 7) is 4.48. The zero-order valence-corrected chi connectivity index (χ0v) is 18.7. The van der Waals surface area contributed by atoms with Gasteiger partial charge in [-0.05, 0) is 42.2 Å². The minimum atomic E-state index is -4.84.